The van der Waals surface area contributed by atoms with Gasteiger partial charge < -0.3 is 4.90 Å². The first-order valence-corrected chi connectivity index (χ1v) is 10.7. The number of aromatic nitrogens is 1. The van der Waals surface area contributed by atoms with E-state index in [4.69, 9.17) is 4.98 Å². The van der Waals surface area contributed by atoms with Crippen LogP contribution in [0.2, 0.25) is 0 Å². The minimum atomic E-state index is -0.0812. The Balaban J connectivity index is 1.96. The van der Waals surface area contributed by atoms with Crippen LogP contribution in [0.4, 0.5) is 5.13 Å². The smallest absolute Gasteiger partial charge is 0.260 e. The Bertz CT molecular complexity index is 1040. The van der Waals surface area contributed by atoms with E-state index in [0.717, 1.165) is 33.9 Å². The number of hydrogen-bond acceptors (Lipinski definition) is 4. The van der Waals surface area contributed by atoms with Crippen molar-refractivity contribution in [1.82, 2.24) is 4.98 Å². The van der Waals surface area contributed by atoms with E-state index in [1.54, 1.807) is 40.5 Å². The van der Waals surface area contributed by atoms with Gasteiger partial charge in [0.05, 0.1) is 30.9 Å². The molecular formula is C23H28N3O2S+. The Labute approximate surface area is 176 Å². The number of ketones is 1. The number of quaternary nitrogens is 1. The van der Waals surface area contributed by atoms with Gasteiger partial charge in [0.1, 0.15) is 0 Å². The number of benzene rings is 2. The number of nitrogens with zero attached hydrogens (tertiary/aromatic N) is 2. The van der Waals surface area contributed by atoms with Crippen molar-refractivity contribution in [3.8, 4) is 0 Å². The van der Waals surface area contributed by atoms with Crippen molar-refractivity contribution in [2.75, 3.05) is 32.1 Å². The molecule has 0 fully saturated rings. The zero-order valence-electron chi connectivity index (χ0n) is 17.7. The summed E-state index contributed by atoms with van der Waals surface area (Å²) in [6.45, 7) is 7.25. The average molecular weight is 411 g/mol. The van der Waals surface area contributed by atoms with Crippen LogP contribution >= 0.6 is 11.3 Å². The standard InChI is InChI=1S/C23H27N3O2S/c1-15-7-12-20-21(16(15)2)24-23(29-20)26(14-6-13-25(4)5)22(28)19-10-8-18(9-11-19)17(3)27/h7-12H,6,13-14H2,1-5H3/p+1. The number of rotatable bonds is 7. The second kappa shape index (κ2) is 8.84. The van der Waals surface area contributed by atoms with Crippen molar-refractivity contribution < 1.29 is 14.5 Å². The van der Waals surface area contributed by atoms with Crippen molar-refractivity contribution in [1.29, 1.82) is 0 Å². The summed E-state index contributed by atoms with van der Waals surface area (Å²) < 4.78 is 1.09. The van der Waals surface area contributed by atoms with E-state index in [0.29, 0.717) is 17.7 Å². The van der Waals surface area contributed by atoms with Crippen molar-refractivity contribution in [3.05, 3.63) is 58.7 Å². The summed E-state index contributed by atoms with van der Waals surface area (Å²) in [6.07, 6.45) is 0.882. The van der Waals surface area contributed by atoms with Gasteiger partial charge in [-0.15, -0.1) is 0 Å². The van der Waals surface area contributed by atoms with Crippen LogP contribution < -0.4 is 9.80 Å². The normalized spacial score (nSPS) is 11.2. The molecule has 152 valence electrons. The summed E-state index contributed by atoms with van der Waals surface area (Å²) in [7, 11) is 4.22. The number of thiazole rings is 1. The number of anilines is 1. The van der Waals surface area contributed by atoms with E-state index >= 15 is 0 Å². The number of carbonyl (C=O) groups is 2. The van der Waals surface area contributed by atoms with Crippen LogP contribution in [0.1, 0.15) is 45.2 Å². The molecule has 0 aliphatic rings. The van der Waals surface area contributed by atoms with Crippen LogP contribution in [-0.4, -0.2) is 43.9 Å². The zero-order valence-corrected chi connectivity index (χ0v) is 18.5. The van der Waals surface area contributed by atoms with Crippen LogP contribution in [0.3, 0.4) is 0 Å². The van der Waals surface area contributed by atoms with Crippen LogP contribution in [0.25, 0.3) is 10.2 Å². The van der Waals surface area contributed by atoms with Crippen molar-refractivity contribution in [3.63, 3.8) is 0 Å². The molecule has 0 aliphatic heterocycles. The maximum absolute atomic E-state index is 13.3. The van der Waals surface area contributed by atoms with Crippen LogP contribution in [-0.2, 0) is 0 Å². The Kier molecular flexibility index (Phi) is 6.45. The highest BCUT2D eigenvalue weighted by molar-refractivity contribution is 7.22. The van der Waals surface area contributed by atoms with E-state index < -0.39 is 0 Å². The number of hydrogen-bond donors (Lipinski definition) is 1. The maximum Gasteiger partial charge on any atom is 0.260 e. The molecular weight excluding hydrogens is 382 g/mol. The number of Topliss-reactive ketones (excluding diaryl/α,β-unsaturated/α-hetero) is 1. The molecule has 2 aromatic carbocycles. The highest BCUT2D eigenvalue weighted by Crippen LogP contribution is 2.32. The van der Waals surface area contributed by atoms with Gasteiger partial charge in [0.15, 0.2) is 10.9 Å². The van der Waals surface area contributed by atoms with E-state index in [1.165, 1.54) is 17.4 Å². The minimum Gasteiger partial charge on any atom is -0.340 e. The lowest BCUT2D eigenvalue weighted by Gasteiger charge is -2.20. The molecule has 0 saturated carbocycles. The third-order valence-electron chi connectivity index (χ3n) is 5.15. The molecule has 1 heterocycles. The summed E-state index contributed by atoms with van der Waals surface area (Å²) in [5.41, 5.74) is 4.49. The summed E-state index contributed by atoms with van der Waals surface area (Å²) in [6, 6.07) is 11.1. The number of carbonyl (C=O) groups excluding carboxylic acids is 2. The predicted octanol–water partition coefficient (Wildman–Crippen LogP) is 3.30. The largest absolute Gasteiger partial charge is 0.340 e. The molecule has 0 unspecified atom stereocenters. The topological polar surface area (TPSA) is 54.7 Å². The Morgan fingerprint density at radius 3 is 2.31 bits per heavy atom. The monoisotopic (exact) mass is 410 g/mol. The highest BCUT2D eigenvalue weighted by atomic mass is 32.1. The van der Waals surface area contributed by atoms with Crippen molar-refractivity contribution in [2.45, 2.75) is 27.2 Å². The fourth-order valence-corrected chi connectivity index (χ4v) is 4.26. The number of fused-ring (bicyclic) bond motifs is 1. The molecule has 5 nitrogen and oxygen atoms in total. The lowest BCUT2D eigenvalue weighted by atomic mass is 10.1. The first-order valence-electron chi connectivity index (χ1n) is 9.86. The summed E-state index contributed by atoms with van der Waals surface area (Å²) >= 11 is 1.55. The quantitative estimate of drug-likeness (QED) is 0.608. The van der Waals surface area contributed by atoms with E-state index in [9.17, 15) is 9.59 Å². The number of aryl methyl sites for hydroxylation is 2. The van der Waals surface area contributed by atoms with Crippen LogP contribution in [0, 0.1) is 13.8 Å². The molecule has 0 bridgehead atoms. The third-order valence-corrected chi connectivity index (χ3v) is 6.19. The first-order chi connectivity index (χ1) is 13.8. The molecule has 0 atom stereocenters. The Hall–Kier alpha value is -2.57. The van der Waals surface area contributed by atoms with Gasteiger partial charge in [-0.25, -0.2) is 4.98 Å². The van der Waals surface area contributed by atoms with Gasteiger partial charge in [0.25, 0.3) is 5.91 Å². The fourth-order valence-electron chi connectivity index (χ4n) is 3.21. The minimum absolute atomic E-state index is 0.00756. The zero-order chi connectivity index (χ0) is 21.1. The van der Waals surface area contributed by atoms with Gasteiger partial charge in [-0.05, 0) is 50.1 Å². The molecule has 1 aromatic heterocycles. The van der Waals surface area contributed by atoms with Crippen molar-refractivity contribution >= 4 is 38.4 Å². The second-order valence-corrected chi connectivity index (χ2v) is 8.76. The fraction of sp³-hybridized carbons (Fsp3) is 0.348. The maximum atomic E-state index is 13.3. The van der Waals surface area contributed by atoms with Gasteiger partial charge in [-0.3, -0.25) is 14.5 Å². The lowest BCUT2D eigenvalue weighted by molar-refractivity contribution is -0.858. The summed E-state index contributed by atoms with van der Waals surface area (Å²) in [5, 5.41) is 0.725. The molecule has 0 aliphatic carbocycles. The first kappa shape index (κ1) is 21.1. The molecule has 0 spiro atoms. The second-order valence-electron chi connectivity index (χ2n) is 7.75. The number of amides is 1. The molecule has 1 amide bonds. The summed E-state index contributed by atoms with van der Waals surface area (Å²) in [4.78, 5) is 32.8. The van der Waals surface area contributed by atoms with E-state index in [-0.39, 0.29) is 11.7 Å². The Morgan fingerprint density at radius 2 is 1.69 bits per heavy atom. The van der Waals surface area contributed by atoms with Crippen LogP contribution in [0.5, 0.6) is 0 Å². The molecule has 3 rings (SSSR count). The molecule has 29 heavy (non-hydrogen) atoms. The predicted molar refractivity (Wildman–Crippen MR) is 120 cm³/mol. The van der Waals surface area contributed by atoms with Gasteiger partial charge in [-0.2, -0.15) is 0 Å². The van der Waals surface area contributed by atoms with Gasteiger partial charge in [0, 0.05) is 24.1 Å². The van der Waals surface area contributed by atoms with E-state index in [2.05, 4.69) is 40.1 Å². The highest BCUT2D eigenvalue weighted by Gasteiger charge is 2.22. The molecule has 1 N–H and O–H groups in total. The molecule has 0 radical (unpaired) electrons. The number of nitrogens with one attached hydrogen (secondary N) is 1. The lowest BCUT2D eigenvalue weighted by Crippen LogP contribution is -3.05. The third kappa shape index (κ3) is 4.71. The molecule has 0 saturated heterocycles. The van der Waals surface area contributed by atoms with E-state index in [1.807, 2.05) is 0 Å². The molecule has 3 aromatic rings. The van der Waals surface area contributed by atoms with Gasteiger partial charge in [0.2, 0.25) is 0 Å². The van der Waals surface area contributed by atoms with Crippen LogP contribution in [0.15, 0.2) is 36.4 Å². The average Bonchev–Trinajstić information content (AvgIpc) is 3.12. The van der Waals surface area contributed by atoms with Gasteiger partial charge in [-0.1, -0.05) is 29.5 Å². The van der Waals surface area contributed by atoms with Gasteiger partial charge >= 0.3 is 0 Å². The molecule has 6 heteroatoms. The summed E-state index contributed by atoms with van der Waals surface area (Å²) in [5.74, 6) is -0.0888. The SMILES string of the molecule is CC(=O)c1ccc(C(=O)N(CCC[NH+](C)C)c2nc3c(C)c(C)ccc3s2)cc1. The Morgan fingerprint density at radius 1 is 1.03 bits per heavy atom. The van der Waals surface area contributed by atoms with Crippen molar-refractivity contribution in [2.24, 2.45) is 0 Å².